The van der Waals surface area contributed by atoms with E-state index in [1.54, 1.807) is 30.2 Å². The van der Waals surface area contributed by atoms with Crippen LogP contribution in [0.1, 0.15) is 31.2 Å². The van der Waals surface area contributed by atoms with Crippen LogP contribution in [-0.4, -0.2) is 34.7 Å². The van der Waals surface area contributed by atoms with Crippen LogP contribution >= 0.6 is 47.2 Å². The lowest BCUT2D eigenvalue weighted by molar-refractivity contribution is -0.122. The summed E-state index contributed by atoms with van der Waals surface area (Å²) in [5, 5.41) is 3.71. The van der Waals surface area contributed by atoms with E-state index in [1.807, 2.05) is 30.3 Å². The van der Waals surface area contributed by atoms with Crippen molar-refractivity contribution in [3.8, 4) is 5.75 Å². The maximum absolute atomic E-state index is 12.7. The standard InChI is InChI=1S/C23H22Cl2N2O3S2/c1-30-17-9-6-15(7-10-17)13-20-22(29)27(23(31)32-20)12-4-2-3-5-21(28)26-19-11-8-16(24)14-18(19)25/h6-11,13-14H,2-5,12H2,1H3,(H,26,28). The van der Waals surface area contributed by atoms with E-state index in [2.05, 4.69) is 5.32 Å². The summed E-state index contributed by atoms with van der Waals surface area (Å²) in [6.07, 6.45) is 4.47. The molecular weight excluding hydrogens is 487 g/mol. The first-order valence-corrected chi connectivity index (χ1v) is 12.0. The average Bonchev–Trinajstić information content (AvgIpc) is 3.03. The molecule has 1 saturated heterocycles. The number of benzene rings is 2. The molecule has 5 nitrogen and oxygen atoms in total. The van der Waals surface area contributed by atoms with Gasteiger partial charge in [-0.3, -0.25) is 14.5 Å². The van der Waals surface area contributed by atoms with E-state index in [4.69, 9.17) is 40.2 Å². The molecule has 0 bridgehead atoms. The Balaban J connectivity index is 1.42. The normalized spacial score (nSPS) is 14.8. The smallest absolute Gasteiger partial charge is 0.266 e. The van der Waals surface area contributed by atoms with E-state index < -0.39 is 0 Å². The van der Waals surface area contributed by atoms with Crippen LogP contribution in [0.3, 0.4) is 0 Å². The van der Waals surface area contributed by atoms with Crippen molar-refractivity contribution in [2.45, 2.75) is 25.7 Å². The van der Waals surface area contributed by atoms with Gasteiger partial charge in [0.1, 0.15) is 10.1 Å². The molecule has 1 fully saturated rings. The number of carbonyl (C=O) groups is 2. The fourth-order valence-corrected chi connectivity index (χ4v) is 4.84. The van der Waals surface area contributed by atoms with Gasteiger partial charge in [0.25, 0.3) is 5.91 Å². The molecule has 0 unspecified atom stereocenters. The summed E-state index contributed by atoms with van der Waals surface area (Å²) in [4.78, 5) is 27.1. The average molecular weight is 509 g/mol. The minimum absolute atomic E-state index is 0.0778. The van der Waals surface area contributed by atoms with Gasteiger partial charge in [-0.05, 0) is 54.8 Å². The van der Waals surface area contributed by atoms with Gasteiger partial charge < -0.3 is 10.1 Å². The molecule has 2 aromatic rings. The van der Waals surface area contributed by atoms with Gasteiger partial charge in [-0.2, -0.15) is 0 Å². The predicted molar refractivity (Wildman–Crippen MR) is 136 cm³/mol. The van der Waals surface area contributed by atoms with E-state index >= 15 is 0 Å². The number of hydrogen-bond donors (Lipinski definition) is 1. The van der Waals surface area contributed by atoms with Gasteiger partial charge in [0.2, 0.25) is 5.91 Å². The van der Waals surface area contributed by atoms with E-state index in [0.717, 1.165) is 24.2 Å². The van der Waals surface area contributed by atoms with Gasteiger partial charge in [-0.1, -0.05) is 65.7 Å². The molecule has 32 heavy (non-hydrogen) atoms. The summed E-state index contributed by atoms with van der Waals surface area (Å²) in [5.74, 6) is 0.577. The monoisotopic (exact) mass is 508 g/mol. The second-order valence-corrected chi connectivity index (χ2v) is 9.61. The van der Waals surface area contributed by atoms with Crippen molar-refractivity contribution >= 4 is 75.1 Å². The topological polar surface area (TPSA) is 58.6 Å². The van der Waals surface area contributed by atoms with E-state index in [9.17, 15) is 9.59 Å². The zero-order chi connectivity index (χ0) is 23.1. The fraction of sp³-hybridized carbons (Fsp3) is 0.261. The fourth-order valence-electron chi connectivity index (χ4n) is 3.08. The number of thioether (sulfide) groups is 1. The molecule has 0 aliphatic carbocycles. The minimum Gasteiger partial charge on any atom is -0.497 e. The molecule has 168 valence electrons. The first-order chi connectivity index (χ1) is 15.4. The van der Waals surface area contributed by atoms with Gasteiger partial charge in [-0.25, -0.2) is 0 Å². The quantitative estimate of drug-likeness (QED) is 0.241. The predicted octanol–water partition coefficient (Wildman–Crippen LogP) is 6.40. The highest BCUT2D eigenvalue weighted by molar-refractivity contribution is 8.26. The van der Waals surface area contributed by atoms with Crippen molar-refractivity contribution in [2.75, 3.05) is 19.0 Å². The number of carbonyl (C=O) groups excluding carboxylic acids is 2. The molecule has 0 atom stereocenters. The first-order valence-electron chi connectivity index (χ1n) is 10.0. The number of unbranched alkanes of at least 4 members (excludes halogenated alkanes) is 2. The third-order valence-corrected chi connectivity index (χ3v) is 6.70. The Morgan fingerprint density at radius 1 is 1.16 bits per heavy atom. The molecule has 1 aliphatic rings. The van der Waals surface area contributed by atoms with Crippen molar-refractivity contribution < 1.29 is 14.3 Å². The molecule has 0 spiro atoms. The molecule has 2 aromatic carbocycles. The van der Waals surface area contributed by atoms with Crippen molar-refractivity contribution in [1.29, 1.82) is 0 Å². The van der Waals surface area contributed by atoms with Crippen LogP contribution < -0.4 is 10.1 Å². The summed E-state index contributed by atoms with van der Waals surface area (Å²) in [5.41, 5.74) is 1.46. The van der Waals surface area contributed by atoms with Crippen molar-refractivity contribution in [2.24, 2.45) is 0 Å². The number of amides is 2. The SMILES string of the molecule is COc1ccc(C=C2SC(=S)N(CCCCCC(=O)Nc3ccc(Cl)cc3Cl)C2=O)cc1. The van der Waals surface area contributed by atoms with Crippen molar-refractivity contribution in [1.82, 2.24) is 4.90 Å². The van der Waals surface area contributed by atoms with E-state index in [0.29, 0.717) is 44.3 Å². The van der Waals surface area contributed by atoms with Crippen LogP contribution in [0.4, 0.5) is 5.69 Å². The van der Waals surface area contributed by atoms with Crippen molar-refractivity contribution in [3.05, 3.63) is 63.0 Å². The number of rotatable bonds is 9. The number of anilines is 1. The second-order valence-electron chi connectivity index (χ2n) is 7.09. The van der Waals surface area contributed by atoms with E-state index in [-0.39, 0.29) is 11.8 Å². The largest absolute Gasteiger partial charge is 0.497 e. The molecular formula is C23H22Cl2N2O3S2. The highest BCUT2D eigenvalue weighted by atomic mass is 35.5. The number of halogens is 2. The lowest BCUT2D eigenvalue weighted by Gasteiger charge is -2.14. The van der Waals surface area contributed by atoms with Crippen LogP contribution in [-0.2, 0) is 9.59 Å². The molecule has 0 saturated carbocycles. The van der Waals surface area contributed by atoms with Crippen LogP contribution in [0.5, 0.6) is 5.75 Å². The maximum atomic E-state index is 12.7. The highest BCUT2D eigenvalue weighted by Gasteiger charge is 2.31. The Hall–Kier alpha value is -2.06. The van der Waals surface area contributed by atoms with Gasteiger partial charge in [0.05, 0.1) is 22.7 Å². The van der Waals surface area contributed by atoms with Crippen LogP contribution in [0.2, 0.25) is 10.0 Å². The zero-order valence-electron chi connectivity index (χ0n) is 17.4. The number of hydrogen-bond acceptors (Lipinski definition) is 5. The highest BCUT2D eigenvalue weighted by Crippen LogP contribution is 2.33. The van der Waals surface area contributed by atoms with E-state index in [1.165, 1.54) is 11.8 Å². The van der Waals surface area contributed by atoms with Crippen LogP contribution in [0.25, 0.3) is 6.08 Å². The van der Waals surface area contributed by atoms with Crippen molar-refractivity contribution in [3.63, 3.8) is 0 Å². The molecule has 2 amide bonds. The summed E-state index contributed by atoms with van der Waals surface area (Å²) in [7, 11) is 1.61. The Morgan fingerprint density at radius 3 is 2.59 bits per heavy atom. The summed E-state index contributed by atoms with van der Waals surface area (Å²) >= 11 is 18.6. The van der Waals surface area contributed by atoms with Gasteiger partial charge in [0.15, 0.2) is 0 Å². The van der Waals surface area contributed by atoms with Crippen LogP contribution in [0, 0.1) is 0 Å². The molecule has 3 rings (SSSR count). The Morgan fingerprint density at radius 2 is 1.91 bits per heavy atom. The third kappa shape index (κ3) is 6.72. The molecule has 0 aromatic heterocycles. The summed E-state index contributed by atoms with van der Waals surface area (Å²) < 4.78 is 5.71. The Labute approximate surface area is 207 Å². The first kappa shape index (κ1) is 24.6. The minimum atomic E-state index is -0.109. The number of thiocarbonyl (C=S) groups is 1. The number of methoxy groups -OCH3 is 1. The lowest BCUT2D eigenvalue weighted by atomic mass is 10.1. The summed E-state index contributed by atoms with van der Waals surface area (Å²) in [6.45, 7) is 0.537. The van der Waals surface area contributed by atoms with Gasteiger partial charge in [-0.15, -0.1) is 0 Å². The maximum Gasteiger partial charge on any atom is 0.266 e. The molecule has 1 N–H and O–H groups in total. The Bertz CT molecular complexity index is 1040. The van der Waals surface area contributed by atoms with Gasteiger partial charge >= 0.3 is 0 Å². The number of nitrogens with one attached hydrogen (secondary N) is 1. The molecule has 0 radical (unpaired) electrons. The molecule has 9 heteroatoms. The molecule has 1 heterocycles. The number of nitrogens with zero attached hydrogens (tertiary/aromatic N) is 1. The third-order valence-electron chi connectivity index (χ3n) is 4.78. The lowest BCUT2D eigenvalue weighted by Crippen LogP contribution is -2.29. The molecule has 1 aliphatic heterocycles. The second kappa shape index (κ2) is 11.7. The summed E-state index contributed by atoms with van der Waals surface area (Å²) in [6, 6.07) is 12.4. The van der Waals surface area contributed by atoms with Gasteiger partial charge in [0, 0.05) is 18.0 Å². The zero-order valence-corrected chi connectivity index (χ0v) is 20.5. The Kier molecular flexibility index (Phi) is 8.99. The van der Waals surface area contributed by atoms with Crippen LogP contribution in [0.15, 0.2) is 47.4 Å². The number of ether oxygens (including phenoxy) is 1.